The van der Waals surface area contributed by atoms with Crippen LogP contribution in [0.4, 0.5) is 29.3 Å². The molecular weight excluding hydrogens is 240 g/mol. The number of nitrogens with zero attached hydrogens (tertiary/aromatic N) is 3. The van der Waals surface area contributed by atoms with Crippen LogP contribution in [0, 0.1) is 5.82 Å². The van der Waals surface area contributed by atoms with E-state index in [2.05, 4.69) is 15.3 Å². The summed E-state index contributed by atoms with van der Waals surface area (Å²) in [6.07, 6.45) is -3.57. The second kappa shape index (κ2) is 5.15. The summed E-state index contributed by atoms with van der Waals surface area (Å²) in [6.45, 7) is 0.240. The molecule has 0 radical (unpaired) electrons. The summed E-state index contributed by atoms with van der Waals surface area (Å²) in [5.74, 6) is -1.17. The molecule has 1 aromatic rings. The van der Waals surface area contributed by atoms with Gasteiger partial charge in [-0.05, 0) is 6.92 Å². The zero-order valence-electron chi connectivity index (χ0n) is 9.35. The second-order valence-corrected chi connectivity index (χ2v) is 3.24. The lowest BCUT2D eigenvalue weighted by Crippen LogP contribution is -2.35. The molecule has 0 unspecified atom stereocenters. The van der Waals surface area contributed by atoms with Gasteiger partial charge in [0.1, 0.15) is 6.54 Å². The van der Waals surface area contributed by atoms with Crippen LogP contribution >= 0.6 is 0 Å². The van der Waals surface area contributed by atoms with Crippen molar-refractivity contribution in [1.29, 1.82) is 0 Å². The van der Waals surface area contributed by atoms with E-state index in [0.717, 1.165) is 11.1 Å². The Morgan fingerprint density at radius 1 is 1.41 bits per heavy atom. The van der Waals surface area contributed by atoms with Crippen LogP contribution in [-0.4, -0.2) is 36.3 Å². The van der Waals surface area contributed by atoms with Crippen LogP contribution in [0.1, 0.15) is 6.92 Å². The fourth-order valence-electron chi connectivity index (χ4n) is 1.25. The molecule has 0 aliphatic heterocycles. The molecule has 96 valence electrons. The average Bonchev–Trinajstić information content (AvgIpc) is 2.25. The van der Waals surface area contributed by atoms with Crippen molar-refractivity contribution < 1.29 is 17.6 Å². The molecule has 0 aliphatic carbocycles. The summed E-state index contributed by atoms with van der Waals surface area (Å²) in [7, 11) is 1.50. The minimum absolute atomic E-state index is 0.00338. The van der Waals surface area contributed by atoms with Crippen LogP contribution in [0.5, 0.6) is 0 Å². The quantitative estimate of drug-likeness (QED) is 0.833. The molecule has 1 N–H and O–H groups in total. The predicted octanol–water partition coefficient (Wildman–Crippen LogP) is 2.05. The Balaban J connectivity index is 3.02. The number of hydrogen-bond acceptors (Lipinski definition) is 4. The van der Waals surface area contributed by atoms with Gasteiger partial charge in [-0.25, -0.2) is 9.37 Å². The maximum Gasteiger partial charge on any atom is 0.405 e. The monoisotopic (exact) mass is 252 g/mol. The molecule has 8 heteroatoms. The van der Waals surface area contributed by atoms with Gasteiger partial charge in [-0.3, -0.25) is 0 Å². The first-order chi connectivity index (χ1) is 7.87. The Labute approximate surface area is 95.7 Å². The summed E-state index contributed by atoms with van der Waals surface area (Å²) >= 11 is 0. The Hall–Kier alpha value is -1.60. The number of halogens is 4. The third kappa shape index (κ3) is 3.72. The van der Waals surface area contributed by atoms with Crippen molar-refractivity contribution >= 4 is 11.8 Å². The summed E-state index contributed by atoms with van der Waals surface area (Å²) < 4.78 is 50.2. The van der Waals surface area contributed by atoms with Gasteiger partial charge < -0.3 is 10.2 Å². The Kier molecular flexibility index (Phi) is 4.08. The lowest BCUT2D eigenvalue weighted by atomic mass is 10.4. The van der Waals surface area contributed by atoms with E-state index in [1.807, 2.05) is 0 Å². The standard InChI is InChI=1S/C9H12F4N4/c1-3-17(5-9(11,12)13)7-6(10)4-15-8(14-2)16-7/h4H,3,5H2,1-2H3,(H,14,15,16). The highest BCUT2D eigenvalue weighted by atomic mass is 19.4. The van der Waals surface area contributed by atoms with Gasteiger partial charge in [-0.2, -0.15) is 18.2 Å². The van der Waals surface area contributed by atoms with E-state index in [-0.39, 0.29) is 18.3 Å². The van der Waals surface area contributed by atoms with Crippen molar-refractivity contribution in [3.8, 4) is 0 Å². The SMILES string of the molecule is CCN(CC(F)(F)F)c1nc(NC)ncc1F. The Bertz CT molecular complexity index is 380. The molecule has 0 saturated heterocycles. The number of anilines is 2. The van der Waals surface area contributed by atoms with E-state index in [9.17, 15) is 17.6 Å². The van der Waals surface area contributed by atoms with Crippen LogP contribution in [0.3, 0.4) is 0 Å². The van der Waals surface area contributed by atoms with Crippen molar-refractivity contribution in [2.45, 2.75) is 13.1 Å². The molecule has 0 bridgehead atoms. The van der Waals surface area contributed by atoms with Crippen LogP contribution < -0.4 is 10.2 Å². The number of aromatic nitrogens is 2. The fourth-order valence-corrected chi connectivity index (χ4v) is 1.25. The number of hydrogen-bond donors (Lipinski definition) is 1. The van der Waals surface area contributed by atoms with Gasteiger partial charge in [0, 0.05) is 13.6 Å². The highest BCUT2D eigenvalue weighted by Crippen LogP contribution is 2.23. The van der Waals surface area contributed by atoms with Crippen molar-refractivity contribution in [3.63, 3.8) is 0 Å². The molecule has 0 saturated carbocycles. The smallest absolute Gasteiger partial charge is 0.357 e. The maximum atomic E-state index is 13.4. The summed E-state index contributed by atoms with van der Waals surface area (Å²) in [5.41, 5.74) is 0. The van der Waals surface area contributed by atoms with Crippen LogP contribution in [0.2, 0.25) is 0 Å². The molecule has 0 atom stereocenters. The number of rotatable bonds is 4. The second-order valence-electron chi connectivity index (χ2n) is 3.24. The van der Waals surface area contributed by atoms with E-state index in [1.54, 1.807) is 0 Å². The van der Waals surface area contributed by atoms with Crippen molar-refractivity contribution in [3.05, 3.63) is 12.0 Å². The number of nitrogens with one attached hydrogen (secondary N) is 1. The Morgan fingerprint density at radius 3 is 2.53 bits per heavy atom. The van der Waals surface area contributed by atoms with Gasteiger partial charge >= 0.3 is 6.18 Å². The van der Waals surface area contributed by atoms with E-state index in [0.29, 0.717) is 0 Å². The topological polar surface area (TPSA) is 41.1 Å². The van der Waals surface area contributed by atoms with Crippen molar-refractivity contribution in [2.75, 3.05) is 30.4 Å². The molecular formula is C9H12F4N4. The van der Waals surface area contributed by atoms with Crippen LogP contribution in [0.25, 0.3) is 0 Å². The highest BCUT2D eigenvalue weighted by molar-refractivity contribution is 5.43. The normalized spacial score (nSPS) is 11.4. The first kappa shape index (κ1) is 13.5. The zero-order chi connectivity index (χ0) is 13.1. The summed E-state index contributed by atoms with van der Waals surface area (Å²) in [6, 6.07) is 0. The Morgan fingerprint density at radius 2 is 2.06 bits per heavy atom. The molecule has 0 spiro atoms. The molecule has 0 aliphatic rings. The molecule has 1 heterocycles. The first-order valence-corrected chi connectivity index (χ1v) is 4.89. The molecule has 17 heavy (non-hydrogen) atoms. The molecule has 1 rings (SSSR count). The van der Waals surface area contributed by atoms with Crippen molar-refractivity contribution in [1.82, 2.24) is 9.97 Å². The van der Waals surface area contributed by atoms with E-state index in [4.69, 9.17) is 0 Å². The molecule has 4 nitrogen and oxygen atoms in total. The minimum atomic E-state index is -4.41. The lowest BCUT2D eigenvalue weighted by molar-refractivity contribution is -0.119. The number of alkyl halides is 3. The lowest BCUT2D eigenvalue weighted by Gasteiger charge is -2.23. The van der Waals surface area contributed by atoms with Crippen molar-refractivity contribution in [2.24, 2.45) is 0 Å². The summed E-state index contributed by atoms with van der Waals surface area (Å²) in [4.78, 5) is 8.04. The maximum absolute atomic E-state index is 13.4. The third-order valence-corrected chi connectivity index (χ3v) is 2.00. The van der Waals surface area contributed by atoms with E-state index < -0.39 is 18.5 Å². The summed E-state index contributed by atoms with van der Waals surface area (Å²) in [5, 5.41) is 2.54. The largest absolute Gasteiger partial charge is 0.405 e. The van der Waals surface area contributed by atoms with Crippen LogP contribution in [0.15, 0.2) is 6.20 Å². The van der Waals surface area contributed by atoms with Gasteiger partial charge in [0.2, 0.25) is 5.95 Å². The van der Waals surface area contributed by atoms with Gasteiger partial charge in [-0.15, -0.1) is 0 Å². The van der Waals surface area contributed by atoms with E-state index in [1.165, 1.54) is 14.0 Å². The molecule has 0 fully saturated rings. The average molecular weight is 252 g/mol. The zero-order valence-corrected chi connectivity index (χ0v) is 9.35. The van der Waals surface area contributed by atoms with Crippen LogP contribution in [-0.2, 0) is 0 Å². The molecule has 1 aromatic heterocycles. The van der Waals surface area contributed by atoms with Gasteiger partial charge in [0.15, 0.2) is 11.6 Å². The van der Waals surface area contributed by atoms with Gasteiger partial charge in [-0.1, -0.05) is 0 Å². The third-order valence-electron chi connectivity index (χ3n) is 2.00. The van der Waals surface area contributed by atoms with Gasteiger partial charge in [0.05, 0.1) is 6.20 Å². The molecule has 0 aromatic carbocycles. The molecule has 0 amide bonds. The fraction of sp³-hybridized carbons (Fsp3) is 0.556. The van der Waals surface area contributed by atoms with E-state index >= 15 is 0 Å². The van der Waals surface area contributed by atoms with Gasteiger partial charge in [0.25, 0.3) is 0 Å². The predicted molar refractivity (Wildman–Crippen MR) is 55.5 cm³/mol. The minimum Gasteiger partial charge on any atom is -0.357 e. The first-order valence-electron chi connectivity index (χ1n) is 4.89. The highest BCUT2D eigenvalue weighted by Gasteiger charge is 2.31.